The first-order chi connectivity index (χ1) is 9.22. The number of benzene rings is 2. The third-order valence-corrected chi connectivity index (χ3v) is 2.92. The Bertz CT molecular complexity index is 555. The van der Waals surface area contributed by atoms with E-state index in [2.05, 4.69) is 5.32 Å². The number of phenolic OH excluding ortho intramolecular Hbond substituents is 2. The molecule has 0 aromatic heterocycles. The van der Waals surface area contributed by atoms with Gasteiger partial charge >= 0.3 is 0 Å². The van der Waals surface area contributed by atoms with Crippen molar-refractivity contribution in [1.29, 1.82) is 0 Å². The van der Waals surface area contributed by atoms with Crippen LogP contribution in [0.25, 0.3) is 0 Å². The van der Waals surface area contributed by atoms with Gasteiger partial charge in [-0.1, -0.05) is 30.3 Å². The van der Waals surface area contributed by atoms with Gasteiger partial charge in [0, 0.05) is 24.2 Å². The SMILES string of the molecule is COc1ccccc1CNCc1cccc(O)c1O. The Labute approximate surface area is 112 Å². The van der Waals surface area contributed by atoms with Gasteiger partial charge in [-0.15, -0.1) is 0 Å². The molecule has 2 rings (SSSR count). The monoisotopic (exact) mass is 259 g/mol. The average molecular weight is 259 g/mol. The lowest BCUT2D eigenvalue weighted by Crippen LogP contribution is -2.13. The molecule has 0 bridgehead atoms. The molecule has 2 aromatic rings. The molecule has 0 unspecified atom stereocenters. The molecule has 0 aliphatic heterocycles. The van der Waals surface area contributed by atoms with Crippen LogP contribution >= 0.6 is 0 Å². The minimum absolute atomic E-state index is 0.0740. The number of aromatic hydroxyl groups is 2. The summed E-state index contributed by atoms with van der Waals surface area (Å²) in [6, 6.07) is 12.7. The van der Waals surface area contributed by atoms with Crippen molar-refractivity contribution in [3.8, 4) is 17.2 Å². The van der Waals surface area contributed by atoms with E-state index in [4.69, 9.17) is 4.74 Å². The van der Waals surface area contributed by atoms with Crippen LogP contribution in [0.4, 0.5) is 0 Å². The first-order valence-electron chi connectivity index (χ1n) is 6.05. The number of nitrogens with one attached hydrogen (secondary N) is 1. The van der Waals surface area contributed by atoms with Gasteiger partial charge in [0.05, 0.1) is 7.11 Å². The van der Waals surface area contributed by atoms with Gasteiger partial charge in [-0.25, -0.2) is 0 Å². The summed E-state index contributed by atoms with van der Waals surface area (Å²) < 4.78 is 5.26. The summed E-state index contributed by atoms with van der Waals surface area (Å²) in [7, 11) is 1.64. The summed E-state index contributed by atoms with van der Waals surface area (Å²) >= 11 is 0. The maximum atomic E-state index is 9.68. The molecule has 0 saturated carbocycles. The van der Waals surface area contributed by atoms with Gasteiger partial charge in [-0.2, -0.15) is 0 Å². The Morgan fingerprint density at radius 3 is 2.42 bits per heavy atom. The largest absolute Gasteiger partial charge is 0.504 e. The highest BCUT2D eigenvalue weighted by Gasteiger charge is 2.06. The van der Waals surface area contributed by atoms with Crippen LogP contribution in [-0.2, 0) is 13.1 Å². The molecule has 19 heavy (non-hydrogen) atoms. The van der Waals surface area contributed by atoms with Crippen LogP contribution in [0.2, 0.25) is 0 Å². The zero-order valence-corrected chi connectivity index (χ0v) is 10.8. The van der Waals surface area contributed by atoms with E-state index >= 15 is 0 Å². The Balaban J connectivity index is 1.98. The summed E-state index contributed by atoms with van der Waals surface area (Å²) in [6.07, 6.45) is 0. The fraction of sp³-hybridized carbons (Fsp3) is 0.200. The van der Waals surface area contributed by atoms with Crippen LogP contribution in [0, 0.1) is 0 Å². The quantitative estimate of drug-likeness (QED) is 0.722. The van der Waals surface area contributed by atoms with Crippen LogP contribution in [0.15, 0.2) is 42.5 Å². The van der Waals surface area contributed by atoms with Crippen LogP contribution in [-0.4, -0.2) is 17.3 Å². The first-order valence-corrected chi connectivity index (χ1v) is 6.05. The van der Waals surface area contributed by atoms with E-state index in [1.807, 2.05) is 24.3 Å². The van der Waals surface area contributed by atoms with Crippen LogP contribution in [0.1, 0.15) is 11.1 Å². The second-order valence-electron chi connectivity index (χ2n) is 4.20. The number of para-hydroxylation sites is 2. The topological polar surface area (TPSA) is 61.7 Å². The summed E-state index contributed by atoms with van der Waals surface area (Å²) in [6.45, 7) is 1.09. The highest BCUT2D eigenvalue weighted by Crippen LogP contribution is 2.28. The Morgan fingerprint density at radius 2 is 1.63 bits per heavy atom. The summed E-state index contributed by atoms with van der Waals surface area (Å²) in [4.78, 5) is 0. The normalized spacial score (nSPS) is 10.4. The van der Waals surface area contributed by atoms with Gasteiger partial charge in [0.25, 0.3) is 0 Å². The molecule has 0 atom stereocenters. The van der Waals surface area contributed by atoms with Crippen molar-refractivity contribution < 1.29 is 14.9 Å². The molecule has 0 amide bonds. The molecule has 0 aliphatic rings. The van der Waals surface area contributed by atoms with E-state index in [1.165, 1.54) is 6.07 Å². The molecule has 0 heterocycles. The van der Waals surface area contributed by atoms with E-state index in [9.17, 15) is 10.2 Å². The fourth-order valence-corrected chi connectivity index (χ4v) is 1.90. The van der Waals surface area contributed by atoms with E-state index in [0.717, 1.165) is 11.3 Å². The highest BCUT2D eigenvalue weighted by atomic mass is 16.5. The molecule has 3 N–H and O–H groups in total. The highest BCUT2D eigenvalue weighted by molar-refractivity contribution is 5.44. The molecule has 0 radical (unpaired) electrons. The van der Waals surface area contributed by atoms with Crippen molar-refractivity contribution in [2.24, 2.45) is 0 Å². The number of hydrogen-bond donors (Lipinski definition) is 3. The number of phenols is 2. The average Bonchev–Trinajstić information content (AvgIpc) is 2.44. The minimum Gasteiger partial charge on any atom is -0.504 e. The third-order valence-electron chi connectivity index (χ3n) is 2.92. The molecule has 100 valence electrons. The molecule has 4 heteroatoms. The Kier molecular flexibility index (Phi) is 4.26. The summed E-state index contributed by atoms with van der Waals surface area (Å²) in [5, 5.41) is 22.3. The fourth-order valence-electron chi connectivity index (χ4n) is 1.90. The zero-order chi connectivity index (χ0) is 13.7. The molecule has 0 fully saturated rings. The number of rotatable bonds is 5. The van der Waals surface area contributed by atoms with Gasteiger partial charge in [0.1, 0.15) is 5.75 Å². The lowest BCUT2D eigenvalue weighted by atomic mass is 10.1. The third kappa shape index (κ3) is 3.17. The van der Waals surface area contributed by atoms with Crippen LogP contribution in [0.3, 0.4) is 0 Å². The van der Waals surface area contributed by atoms with Crippen molar-refractivity contribution in [2.75, 3.05) is 7.11 Å². The zero-order valence-electron chi connectivity index (χ0n) is 10.8. The molecule has 0 spiro atoms. The lowest BCUT2D eigenvalue weighted by Gasteiger charge is -2.10. The molecular weight excluding hydrogens is 242 g/mol. The van der Waals surface area contributed by atoms with E-state index in [-0.39, 0.29) is 11.5 Å². The summed E-state index contributed by atoms with van der Waals surface area (Å²) in [5.41, 5.74) is 1.71. The molecule has 0 saturated heterocycles. The first kappa shape index (κ1) is 13.2. The second-order valence-corrected chi connectivity index (χ2v) is 4.20. The van der Waals surface area contributed by atoms with Crippen molar-refractivity contribution in [3.63, 3.8) is 0 Å². The molecule has 0 aliphatic carbocycles. The van der Waals surface area contributed by atoms with Crippen LogP contribution in [0.5, 0.6) is 17.2 Å². The minimum atomic E-state index is -0.100. The summed E-state index contributed by atoms with van der Waals surface area (Å²) in [5.74, 6) is 0.654. The Morgan fingerprint density at radius 1 is 0.947 bits per heavy atom. The van der Waals surface area contributed by atoms with Crippen LogP contribution < -0.4 is 10.1 Å². The number of ether oxygens (including phenoxy) is 1. The maximum Gasteiger partial charge on any atom is 0.161 e. The van der Waals surface area contributed by atoms with E-state index < -0.39 is 0 Å². The number of hydrogen-bond acceptors (Lipinski definition) is 4. The number of methoxy groups -OCH3 is 1. The van der Waals surface area contributed by atoms with Gasteiger partial charge < -0.3 is 20.3 Å². The van der Waals surface area contributed by atoms with E-state index in [1.54, 1.807) is 19.2 Å². The standard InChI is InChI=1S/C15H17NO3/c1-19-14-8-3-2-5-11(14)9-16-10-12-6-4-7-13(17)15(12)18/h2-8,16-18H,9-10H2,1H3. The molecular formula is C15H17NO3. The molecule has 4 nitrogen and oxygen atoms in total. The predicted octanol–water partition coefficient (Wildman–Crippen LogP) is 2.40. The second kappa shape index (κ2) is 6.11. The maximum absolute atomic E-state index is 9.68. The van der Waals surface area contributed by atoms with E-state index in [0.29, 0.717) is 18.7 Å². The van der Waals surface area contributed by atoms with Gasteiger partial charge in [0.2, 0.25) is 0 Å². The molecule has 2 aromatic carbocycles. The van der Waals surface area contributed by atoms with Crippen molar-refractivity contribution >= 4 is 0 Å². The Hall–Kier alpha value is -2.20. The van der Waals surface area contributed by atoms with Gasteiger partial charge in [0.15, 0.2) is 11.5 Å². The predicted molar refractivity (Wildman–Crippen MR) is 73.3 cm³/mol. The van der Waals surface area contributed by atoms with Crippen molar-refractivity contribution in [2.45, 2.75) is 13.1 Å². The van der Waals surface area contributed by atoms with Crippen molar-refractivity contribution in [3.05, 3.63) is 53.6 Å². The smallest absolute Gasteiger partial charge is 0.161 e. The van der Waals surface area contributed by atoms with Crippen molar-refractivity contribution in [1.82, 2.24) is 5.32 Å². The van der Waals surface area contributed by atoms with Gasteiger partial charge in [-0.3, -0.25) is 0 Å². The van der Waals surface area contributed by atoms with Gasteiger partial charge in [-0.05, 0) is 12.1 Å². The lowest BCUT2D eigenvalue weighted by molar-refractivity contribution is 0.396.